The number of rotatable bonds is 11. The van der Waals surface area contributed by atoms with E-state index in [1.54, 1.807) is 17.7 Å². The summed E-state index contributed by atoms with van der Waals surface area (Å²) in [5.41, 5.74) is 6.08. The van der Waals surface area contributed by atoms with Gasteiger partial charge in [-0.15, -0.1) is 0 Å². The number of primary amides is 1. The highest BCUT2D eigenvalue weighted by molar-refractivity contribution is 7.93. The third-order valence-corrected chi connectivity index (χ3v) is 6.53. The topological polar surface area (TPSA) is 165 Å². The molecule has 2 aromatic heterocycles. The summed E-state index contributed by atoms with van der Waals surface area (Å²) in [6, 6.07) is 10.8. The number of aryl methyl sites for hydroxylation is 1. The van der Waals surface area contributed by atoms with Gasteiger partial charge >= 0.3 is 5.76 Å². The number of nitrogens with one attached hydrogen (secondary N) is 3. The average molecular weight is 565 g/mol. The lowest BCUT2D eigenvalue weighted by molar-refractivity contribution is 0.100. The van der Waals surface area contributed by atoms with Gasteiger partial charge in [-0.1, -0.05) is 30.3 Å². The Hall–Kier alpha value is -4.53. The summed E-state index contributed by atoms with van der Waals surface area (Å²) in [6.45, 7) is 3.47. The van der Waals surface area contributed by atoms with Gasteiger partial charge < -0.3 is 20.3 Å². The van der Waals surface area contributed by atoms with Crippen LogP contribution in [0.25, 0.3) is 11.3 Å². The average Bonchev–Trinajstić information content (AvgIpc) is 3.52. The fourth-order valence-electron chi connectivity index (χ4n) is 3.59. The van der Waals surface area contributed by atoms with E-state index < -0.39 is 33.6 Å². The number of hydrogen-bond acceptors (Lipinski definition) is 8. The number of H-pyrrole nitrogens is 1. The largest absolute Gasteiger partial charge is 0.484 e. The number of nitrogens with two attached hydrogens (primary N) is 1. The van der Waals surface area contributed by atoms with E-state index in [0.29, 0.717) is 23.6 Å². The lowest BCUT2D eigenvalue weighted by Gasteiger charge is -2.19. The van der Waals surface area contributed by atoms with Crippen LogP contribution in [0.15, 0.2) is 53.1 Å². The van der Waals surface area contributed by atoms with Gasteiger partial charge in [-0.3, -0.25) is 14.6 Å². The molecule has 0 bridgehead atoms. The molecule has 4 rings (SSSR count). The number of halogens is 3. The Morgan fingerprint density at radius 2 is 1.90 bits per heavy atom. The summed E-state index contributed by atoms with van der Waals surface area (Å²) in [5.74, 6) is -4.20. The second kappa shape index (κ2) is 11.1. The van der Waals surface area contributed by atoms with E-state index in [2.05, 4.69) is 20.7 Å². The number of ether oxygens (including phenoxy) is 1. The first-order valence-corrected chi connectivity index (χ1v) is 13.0. The van der Waals surface area contributed by atoms with Crippen molar-refractivity contribution < 1.29 is 35.6 Å². The van der Waals surface area contributed by atoms with Gasteiger partial charge in [0.1, 0.15) is 40.5 Å². The zero-order valence-electron chi connectivity index (χ0n) is 20.5. The van der Waals surface area contributed by atoms with Crippen LogP contribution in [0.4, 0.5) is 30.5 Å². The fraction of sp³-hybridized carbons (Fsp3) is 0.208. The van der Waals surface area contributed by atoms with Crippen molar-refractivity contribution in [2.24, 2.45) is 5.73 Å². The quantitative estimate of drug-likeness (QED) is 0.203. The summed E-state index contributed by atoms with van der Waals surface area (Å²) in [4.78, 5) is 12.4. The number of nitrogens with zero attached hydrogens (tertiary/aromatic N) is 2. The fourth-order valence-corrected chi connectivity index (χ4v) is 4.15. The van der Waals surface area contributed by atoms with Gasteiger partial charge in [-0.2, -0.15) is 13.9 Å². The van der Waals surface area contributed by atoms with Crippen molar-refractivity contribution in [1.29, 1.82) is 0 Å². The van der Waals surface area contributed by atoms with Gasteiger partial charge in [-0.05, 0) is 36.8 Å². The third kappa shape index (κ3) is 6.14. The van der Waals surface area contributed by atoms with Gasteiger partial charge in [0, 0.05) is 18.1 Å². The van der Waals surface area contributed by atoms with E-state index in [9.17, 15) is 26.4 Å². The summed E-state index contributed by atoms with van der Waals surface area (Å²) in [5, 5.41) is 13.5. The molecule has 0 saturated carbocycles. The molecule has 0 saturated heterocycles. The van der Waals surface area contributed by atoms with Crippen LogP contribution in [0.3, 0.4) is 0 Å². The highest BCUT2D eigenvalue weighted by Crippen LogP contribution is 2.37. The monoisotopic (exact) mass is 564 g/mol. The number of aromatic amines is 1. The number of aromatic nitrogens is 3. The molecule has 0 unspecified atom stereocenters. The number of hydrogen-bond donors (Lipinski definition) is 4. The molecule has 0 radical (unpaired) electrons. The number of sulfonamides is 1. The molecule has 39 heavy (non-hydrogen) atoms. The molecule has 5 N–H and O–H groups in total. The van der Waals surface area contributed by atoms with Crippen LogP contribution < -0.4 is 20.5 Å². The van der Waals surface area contributed by atoms with E-state index in [1.165, 1.54) is 42.5 Å². The molecular formula is C24H23F3N6O5S. The Morgan fingerprint density at radius 3 is 2.51 bits per heavy atom. The van der Waals surface area contributed by atoms with E-state index in [4.69, 9.17) is 15.0 Å². The van der Waals surface area contributed by atoms with Crippen molar-refractivity contribution in [2.75, 3.05) is 10.0 Å². The Kier molecular flexibility index (Phi) is 7.80. The number of alkyl halides is 2. The molecule has 0 fully saturated rings. The van der Waals surface area contributed by atoms with E-state index in [1.807, 2.05) is 6.92 Å². The first kappa shape index (κ1) is 27.5. The molecule has 4 aromatic rings. The van der Waals surface area contributed by atoms with Crippen LogP contribution in [-0.2, 0) is 16.4 Å². The second-order valence-electron chi connectivity index (χ2n) is 8.27. The van der Waals surface area contributed by atoms with Gasteiger partial charge in [0.25, 0.3) is 15.9 Å². The van der Waals surface area contributed by atoms with E-state index in [-0.39, 0.29) is 34.1 Å². The highest BCUT2D eigenvalue weighted by atomic mass is 32.2. The standard InChI is InChI=1S/C24H23F3N6O5S/c1-3-16-11-19(32-38-16)29-23-20(22(28)34)21(30-31-23)14-6-9-17(33-39(35,36)24(26)27)18(10-14)37-12(2)13-4-7-15(25)8-5-13/h4-12,24,33H,3H2,1-2H3,(H2,28,34)(H2,29,30,31,32)/t12-/m0/s1. The van der Waals surface area contributed by atoms with Crippen molar-refractivity contribution >= 4 is 33.3 Å². The summed E-state index contributed by atoms with van der Waals surface area (Å²) in [7, 11) is -5.04. The Bertz CT molecular complexity index is 1590. The Labute approximate surface area is 220 Å². The van der Waals surface area contributed by atoms with Gasteiger partial charge in [0.15, 0.2) is 5.82 Å². The smallest absolute Gasteiger partial charge is 0.355 e. The molecule has 2 heterocycles. The maximum absolute atomic E-state index is 13.4. The Balaban J connectivity index is 1.74. The van der Waals surface area contributed by atoms with Gasteiger partial charge in [0.2, 0.25) is 0 Å². The lowest BCUT2D eigenvalue weighted by Crippen LogP contribution is -2.21. The molecule has 0 aliphatic carbocycles. The molecule has 1 atom stereocenters. The minimum atomic E-state index is -5.04. The second-order valence-corrected chi connectivity index (χ2v) is 9.92. The summed E-state index contributed by atoms with van der Waals surface area (Å²) in [6.07, 6.45) is -0.172. The van der Waals surface area contributed by atoms with Crippen LogP contribution in [0.1, 0.15) is 41.6 Å². The number of carbonyl (C=O) groups excluding carboxylic acids is 1. The van der Waals surface area contributed by atoms with Crippen LogP contribution in [0.2, 0.25) is 0 Å². The lowest BCUT2D eigenvalue weighted by atomic mass is 10.1. The molecular weight excluding hydrogens is 541 g/mol. The molecule has 0 spiro atoms. The molecule has 206 valence electrons. The van der Waals surface area contributed by atoms with Crippen molar-refractivity contribution in [2.45, 2.75) is 32.1 Å². The molecule has 2 aromatic carbocycles. The minimum absolute atomic E-state index is 0.0607. The maximum Gasteiger partial charge on any atom is 0.355 e. The van der Waals surface area contributed by atoms with Crippen LogP contribution in [0.5, 0.6) is 5.75 Å². The first-order valence-electron chi connectivity index (χ1n) is 11.5. The highest BCUT2D eigenvalue weighted by Gasteiger charge is 2.27. The predicted octanol–water partition coefficient (Wildman–Crippen LogP) is 4.71. The van der Waals surface area contributed by atoms with Crippen molar-refractivity contribution in [1.82, 2.24) is 15.4 Å². The Morgan fingerprint density at radius 1 is 1.18 bits per heavy atom. The van der Waals surface area contributed by atoms with Crippen molar-refractivity contribution in [3.8, 4) is 17.0 Å². The van der Waals surface area contributed by atoms with E-state index >= 15 is 0 Å². The molecule has 15 heteroatoms. The number of benzene rings is 2. The predicted molar refractivity (Wildman–Crippen MR) is 136 cm³/mol. The van der Waals surface area contributed by atoms with E-state index in [0.717, 1.165) is 0 Å². The van der Waals surface area contributed by atoms with Gasteiger partial charge in [-0.25, -0.2) is 12.8 Å². The molecule has 1 amide bonds. The van der Waals surface area contributed by atoms with Crippen LogP contribution >= 0.6 is 0 Å². The maximum atomic E-state index is 13.4. The van der Waals surface area contributed by atoms with Crippen LogP contribution in [0, 0.1) is 5.82 Å². The summed E-state index contributed by atoms with van der Waals surface area (Å²) >= 11 is 0. The van der Waals surface area contributed by atoms with Crippen molar-refractivity contribution in [3.63, 3.8) is 0 Å². The normalized spacial score (nSPS) is 12.4. The zero-order chi connectivity index (χ0) is 28.3. The minimum Gasteiger partial charge on any atom is -0.484 e. The first-order chi connectivity index (χ1) is 18.5. The number of carbonyl (C=O) groups is 1. The third-order valence-electron chi connectivity index (χ3n) is 5.56. The number of amides is 1. The van der Waals surface area contributed by atoms with Crippen molar-refractivity contribution in [3.05, 3.63) is 71.2 Å². The number of anilines is 3. The van der Waals surface area contributed by atoms with Crippen LogP contribution in [-0.4, -0.2) is 35.4 Å². The molecule has 0 aliphatic heterocycles. The molecule has 0 aliphatic rings. The zero-order valence-corrected chi connectivity index (χ0v) is 21.4. The molecule has 11 nitrogen and oxygen atoms in total. The summed E-state index contributed by atoms with van der Waals surface area (Å²) < 4.78 is 76.1. The van der Waals surface area contributed by atoms with Gasteiger partial charge in [0.05, 0.1) is 5.69 Å². The SMILES string of the molecule is CCc1cc(Nc2[nH]nc(-c3ccc(NS(=O)(=O)C(F)F)c(O[C@@H](C)c4ccc(F)cc4)c3)c2C(N)=O)no1.